The second-order valence-corrected chi connectivity index (χ2v) is 7.69. The quantitative estimate of drug-likeness (QED) is 0.645. The monoisotopic (exact) mass is 423 g/mol. The van der Waals surface area contributed by atoms with Crippen LogP contribution in [0, 0.1) is 6.92 Å². The summed E-state index contributed by atoms with van der Waals surface area (Å²) < 4.78 is 11.2. The number of ether oxygens (including phenoxy) is 2. The predicted octanol–water partition coefficient (Wildman–Crippen LogP) is 4.20. The van der Waals surface area contributed by atoms with E-state index >= 15 is 0 Å². The molecule has 0 aliphatic carbocycles. The number of carbonyl (C=O) groups excluding carboxylic acids is 1. The van der Waals surface area contributed by atoms with Crippen LogP contribution in [-0.2, 0) is 4.79 Å². The Morgan fingerprint density at radius 3 is 2.39 bits per heavy atom. The van der Waals surface area contributed by atoms with Gasteiger partial charge in [0.25, 0.3) is 0 Å². The third kappa shape index (κ3) is 6.25. The van der Waals surface area contributed by atoms with Gasteiger partial charge in [-0.15, -0.1) is 0 Å². The number of carbonyl (C=O) groups is 1. The summed E-state index contributed by atoms with van der Waals surface area (Å²) >= 11 is 0. The number of nitrogens with one attached hydrogen (secondary N) is 1. The molecule has 31 heavy (non-hydrogen) atoms. The molecule has 2 aromatic carbocycles. The smallest absolute Gasteiger partial charge is 0.248 e. The molecule has 0 radical (unpaired) electrons. The Kier molecular flexibility index (Phi) is 7.95. The topological polar surface area (TPSA) is 54.0 Å². The molecule has 6 nitrogen and oxygen atoms in total. The van der Waals surface area contributed by atoms with E-state index in [-0.39, 0.29) is 5.91 Å². The van der Waals surface area contributed by atoms with E-state index in [1.54, 1.807) is 6.08 Å². The lowest BCUT2D eigenvalue weighted by Crippen LogP contribution is -2.44. The number of amides is 1. The van der Waals surface area contributed by atoms with Gasteiger partial charge in [-0.2, -0.15) is 0 Å². The van der Waals surface area contributed by atoms with E-state index in [1.165, 1.54) is 17.3 Å². The van der Waals surface area contributed by atoms with Crippen molar-refractivity contribution in [2.45, 2.75) is 20.8 Å². The maximum atomic E-state index is 12.4. The third-order valence-electron chi connectivity index (χ3n) is 5.30. The average Bonchev–Trinajstić information content (AvgIpc) is 2.75. The largest absolute Gasteiger partial charge is 0.490 e. The van der Waals surface area contributed by atoms with Crippen molar-refractivity contribution in [3.05, 3.63) is 53.6 Å². The molecule has 1 N–H and O–H groups in total. The Morgan fingerprint density at radius 2 is 1.71 bits per heavy atom. The Labute approximate surface area is 185 Å². The zero-order valence-corrected chi connectivity index (χ0v) is 19.0. The summed E-state index contributed by atoms with van der Waals surface area (Å²) in [5, 5.41) is 2.95. The Bertz CT molecular complexity index is 918. The van der Waals surface area contributed by atoms with Gasteiger partial charge in [-0.3, -0.25) is 4.79 Å². The first-order valence-corrected chi connectivity index (χ1v) is 10.9. The molecule has 1 aliphatic rings. The molecule has 1 amide bonds. The lowest BCUT2D eigenvalue weighted by Gasteiger charge is -2.35. The van der Waals surface area contributed by atoms with Crippen LogP contribution < -0.4 is 19.7 Å². The highest BCUT2D eigenvalue weighted by molar-refractivity contribution is 6.02. The molecule has 1 saturated heterocycles. The maximum absolute atomic E-state index is 12.4. The van der Waals surface area contributed by atoms with Crippen LogP contribution in [0.5, 0.6) is 11.5 Å². The van der Waals surface area contributed by atoms with Crippen LogP contribution in [0.3, 0.4) is 0 Å². The number of hydrogen-bond acceptors (Lipinski definition) is 5. The van der Waals surface area contributed by atoms with Crippen LogP contribution in [0.15, 0.2) is 42.5 Å². The van der Waals surface area contributed by atoms with Crippen molar-refractivity contribution in [1.82, 2.24) is 4.90 Å². The SMILES string of the molecule is CCOc1ccc(/C=C/C(=O)Nc2ccc(N3CCN(C)CC3)c(C)c2)cc1OCC. The minimum absolute atomic E-state index is 0.168. The summed E-state index contributed by atoms with van der Waals surface area (Å²) in [6, 6.07) is 11.8. The molecule has 0 saturated carbocycles. The van der Waals surface area contributed by atoms with Gasteiger partial charge < -0.3 is 24.6 Å². The second-order valence-electron chi connectivity index (χ2n) is 7.69. The van der Waals surface area contributed by atoms with Gasteiger partial charge in [-0.05, 0) is 75.4 Å². The van der Waals surface area contributed by atoms with Crippen LogP contribution in [-0.4, -0.2) is 57.2 Å². The first kappa shape index (κ1) is 22.7. The Hall–Kier alpha value is -2.99. The van der Waals surface area contributed by atoms with Crippen LogP contribution >= 0.6 is 0 Å². The first-order valence-electron chi connectivity index (χ1n) is 10.9. The highest BCUT2D eigenvalue weighted by atomic mass is 16.5. The fourth-order valence-corrected chi connectivity index (χ4v) is 3.66. The lowest BCUT2D eigenvalue weighted by molar-refractivity contribution is -0.111. The van der Waals surface area contributed by atoms with E-state index < -0.39 is 0 Å². The lowest BCUT2D eigenvalue weighted by atomic mass is 10.1. The number of aryl methyl sites for hydroxylation is 1. The van der Waals surface area contributed by atoms with Gasteiger partial charge >= 0.3 is 0 Å². The molecule has 0 unspecified atom stereocenters. The maximum Gasteiger partial charge on any atom is 0.248 e. The van der Waals surface area contributed by atoms with Crippen LogP contribution in [0.2, 0.25) is 0 Å². The second kappa shape index (κ2) is 10.9. The van der Waals surface area contributed by atoms with Crippen molar-refractivity contribution in [3.63, 3.8) is 0 Å². The van der Waals surface area contributed by atoms with Crippen LogP contribution in [0.4, 0.5) is 11.4 Å². The van der Waals surface area contributed by atoms with Gasteiger partial charge in [0.05, 0.1) is 13.2 Å². The van der Waals surface area contributed by atoms with Gasteiger partial charge in [0.15, 0.2) is 11.5 Å². The van der Waals surface area contributed by atoms with Crippen molar-refractivity contribution in [3.8, 4) is 11.5 Å². The number of piperazine rings is 1. The standard InChI is InChI=1S/C25H33N3O3/c1-5-30-23-11-7-20(18-24(23)31-6-2)8-12-25(29)26-21-9-10-22(19(3)17-21)28-15-13-27(4)14-16-28/h7-12,17-18H,5-6,13-16H2,1-4H3,(H,26,29)/b12-8+. The first-order chi connectivity index (χ1) is 15.0. The molecular weight excluding hydrogens is 390 g/mol. The number of anilines is 2. The van der Waals surface area contributed by atoms with Crippen LogP contribution in [0.25, 0.3) is 6.08 Å². The van der Waals surface area contributed by atoms with Crippen LogP contribution in [0.1, 0.15) is 25.0 Å². The molecule has 6 heteroatoms. The summed E-state index contributed by atoms with van der Waals surface area (Å²) in [5.41, 5.74) is 4.08. The Morgan fingerprint density at radius 1 is 1.00 bits per heavy atom. The van der Waals surface area contributed by atoms with E-state index in [1.807, 2.05) is 44.2 Å². The summed E-state index contributed by atoms with van der Waals surface area (Å²) in [6.45, 7) is 11.3. The van der Waals surface area contributed by atoms with Gasteiger partial charge in [0, 0.05) is 43.6 Å². The van der Waals surface area contributed by atoms with Crippen molar-refractivity contribution < 1.29 is 14.3 Å². The van der Waals surface area contributed by atoms with E-state index in [9.17, 15) is 4.79 Å². The van der Waals surface area contributed by atoms with Gasteiger partial charge in [-0.1, -0.05) is 6.07 Å². The predicted molar refractivity (Wildman–Crippen MR) is 127 cm³/mol. The molecule has 0 aromatic heterocycles. The summed E-state index contributed by atoms with van der Waals surface area (Å²) in [6.07, 6.45) is 3.31. The number of hydrogen-bond donors (Lipinski definition) is 1. The molecule has 0 atom stereocenters. The van der Waals surface area contributed by atoms with Gasteiger partial charge in [-0.25, -0.2) is 0 Å². The van der Waals surface area contributed by atoms with Crippen molar-refractivity contribution in [2.24, 2.45) is 0 Å². The molecule has 166 valence electrons. The minimum Gasteiger partial charge on any atom is -0.490 e. The third-order valence-corrected chi connectivity index (χ3v) is 5.30. The fraction of sp³-hybridized carbons (Fsp3) is 0.400. The van der Waals surface area contributed by atoms with Gasteiger partial charge in [0.1, 0.15) is 0 Å². The fourth-order valence-electron chi connectivity index (χ4n) is 3.66. The molecule has 3 rings (SSSR count). The molecule has 1 fully saturated rings. The van der Waals surface area contributed by atoms with Crippen molar-refractivity contribution in [1.29, 1.82) is 0 Å². The average molecular weight is 424 g/mol. The highest BCUT2D eigenvalue weighted by Crippen LogP contribution is 2.29. The molecular formula is C25H33N3O3. The van der Waals surface area contributed by atoms with E-state index in [4.69, 9.17) is 9.47 Å². The Balaban J connectivity index is 1.63. The normalized spacial score (nSPS) is 14.6. The number of rotatable bonds is 8. The van der Waals surface area contributed by atoms with Crippen molar-refractivity contribution >= 4 is 23.4 Å². The van der Waals surface area contributed by atoms with E-state index in [2.05, 4.69) is 35.2 Å². The van der Waals surface area contributed by atoms with Crippen molar-refractivity contribution in [2.75, 3.05) is 56.7 Å². The molecule has 1 heterocycles. The molecule has 1 aliphatic heterocycles. The zero-order valence-electron chi connectivity index (χ0n) is 19.0. The summed E-state index contributed by atoms with van der Waals surface area (Å²) in [7, 11) is 2.15. The molecule has 0 bridgehead atoms. The minimum atomic E-state index is -0.168. The van der Waals surface area contributed by atoms with Gasteiger partial charge in [0.2, 0.25) is 5.91 Å². The summed E-state index contributed by atoms with van der Waals surface area (Å²) in [4.78, 5) is 17.2. The number of benzene rings is 2. The molecule has 0 spiro atoms. The van der Waals surface area contributed by atoms with E-state index in [0.29, 0.717) is 24.7 Å². The zero-order chi connectivity index (χ0) is 22.2. The number of likely N-dealkylation sites (N-methyl/N-ethyl adjacent to an activating group) is 1. The number of nitrogens with zero attached hydrogens (tertiary/aromatic N) is 2. The van der Waals surface area contributed by atoms with E-state index in [0.717, 1.165) is 37.4 Å². The summed E-state index contributed by atoms with van der Waals surface area (Å²) in [5.74, 6) is 1.22. The highest BCUT2D eigenvalue weighted by Gasteiger charge is 2.16. The molecule has 2 aromatic rings.